The van der Waals surface area contributed by atoms with Crippen LogP contribution in [0, 0.1) is 23.7 Å². The maximum absolute atomic E-state index is 13.1. The van der Waals surface area contributed by atoms with E-state index in [1.165, 1.54) is 0 Å². The first-order valence-electron chi connectivity index (χ1n) is 16.4. The van der Waals surface area contributed by atoms with Gasteiger partial charge in [-0.3, -0.25) is 9.69 Å². The Kier molecular flexibility index (Phi) is 8.65. The Labute approximate surface area is 271 Å². The van der Waals surface area contributed by atoms with Crippen LogP contribution < -0.4 is 0 Å². The number of carbonyl (C=O) groups excluding carboxylic acids is 2. The van der Waals surface area contributed by atoms with E-state index in [9.17, 15) is 9.59 Å². The van der Waals surface area contributed by atoms with Crippen molar-refractivity contribution in [1.82, 2.24) is 29.7 Å². The molecule has 0 bridgehead atoms. The second-order valence-corrected chi connectivity index (χ2v) is 13.9. The number of carbonyl (C=O) groups is 2. The van der Waals surface area contributed by atoms with E-state index in [4.69, 9.17) is 14.7 Å². The highest BCUT2D eigenvalue weighted by Crippen LogP contribution is 2.34. The Balaban J connectivity index is 1.13. The molecule has 6 rings (SSSR count). The average Bonchev–Trinajstić information content (AvgIpc) is 3.83. The molecule has 2 aliphatic heterocycles. The third-order valence-electron chi connectivity index (χ3n) is 9.07. The van der Waals surface area contributed by atoms with Crippen molar-refractivity contribution in [3.8, 4) is 23.1 Å². The molecule has 240 valence electrons. The number of amides is 2. The Hall–Kier alpha value is -4.58. The molecular weight excluding hydrogens is 576 g/mol. The molecule has 46 heavy (non-hydrogen) atoms. The summed E-state index contributed by atoms with van der Waals surface area (Å²) in [6.45, 7) is 13.3. The summed E-state index contributed by atoms with van der Waals surface area (Å²) >= 11 is 0. The van der Waals surface area contributed by atoms with Crippen LogP contribution in [0.15, 0.2) is 48.7 Å². The van der Waals surface area contributed by atoms with Gasteiger partial charge in [-0.1, -0.05) is 44.7 Å². The predicted molar refractivity (Wildman–Crippen MR) is 179 cm³/mol. The van der Waals surface area contributed by atoms with Crippen LogP contribution in [-0.2, 0) is 9.53 Å². The number of aromatic nitrogens is 4. The fraction of sp³-hybridized carbons (Fsp3) is 0.459. The largest absolute Gasteiger partial charge is 0.444 e. The minimum Gasteiger partial charge on any atom is -0.444 e. The van der Waals surface area contributed by atoms with E-state index in [1.54, 1.807) is 4.90 Å². The van der Waals surface area contributed by atoms with Crippen molar-refractivity contribution in [2.45, 2.75) is 84.9 Å². The highest BCUT2D eigenvalue weighted by Gasteiger charge is 2.36. The molecule has 0 aliphatic carbocycles. The number of ether oxygens (including phenoxy) is 1. The molecule has 0 unspecified atom stereocenters. The zero-order chi connectivity index (χ0) is 32.6. The number of hydrogen-bond donors (Lipinski definition) is 2. The average molecular weight is 621 g/mol. The Bertz CT molecular complexity index is 1790. The number of rotatable bonds is 5. The number of benzene rings is 2. The molecule has 4 aromatic rings. The standard InChI is InChI=1S/C37H44N6O3/c1-23(2)24(3)35(44)42-19-7-10-32(42)34-39-28-18-15-26(21-29(28)40-34)12-11-25-13-16-27(17-14-25)30-22-38-33(41-30)31-9-8-20-43(31)36(45)46-37(4,5)6/h13-18,21-24,31-32H,7-10,19-20H2,1-6H3,(H,38,41)(H,39,40)/t24-,31-,32-/m0/s1. The van der Waals surface area contributed by atoms with Gasteiger partial charge in [0.1, 0.15) is 17.2 Å². The van der Waals surface area contributed by atoms with Gasteiger partial charge in [-0.05, 0) is 82.7 Å². The molecule has 2 fully saturated rings. The molecule has 2 N–H and O–H groups in total. The van der Waals surface area contributed by atoms with Gasteiger partial charge in [-0.15, -0.1) is 0 Å². The summed E-state index contributed by atoms with van der Waals surface area (Å²) in [4.78, 5) is 46.1. The first-order valence-corrected chi connectivity index (χ1v) is 16.4. The minimum absolute atomic E-state index is 0.00799. The van der Waals surface area contributed by atoms with Crippen LogP contribution >= 0.6 is 0 Å². The molecular formula is C37H44N6O3. The van der Waals surface area contributed by atoms with Crippen LogP contribution in [0.3, 0.4) is 0 Å². The van der Waals surface area contributed by atoms with Crippen molar-refractivity contribution in [2.75, 3.05) is 13.1 Å². The van der Waals surface area contributed by atoms with Gasteiger partial charge in [0.05, 0.1) is 28.8 Å². The predicted octanol–water partition coefficient (Wildman–Crippen LogP) is 7.38. The molecule has 9 heteroatoms. The number of hydrogen-bond acceptors (Lipinski definition) is 5. The number of H-pyrrole nitrogens is 2. The van der Waals surface area contributed by atoms with Crippen LogP contribution in [-0.4, -0.2) is 60.4 Å². The monoisotopic (exact) mass is 620 g/mol. The zero-order valence-corrected chi connectivity index (χ0v) is 27.7. The summed E-state index contributed by atoms with van der Waals surface area (Å²) in [5, 5.41) is 0. The van der Waals surface area contributed by atoms with Crippen molar-refractivity contribution >= 4 is 23.0 Å². The molecule has 2 amide bonds. The van der Waals surface area contributed by atoms with Gasteiger partial charge in [0.2, 0.25) is 5.91 Å². The molecule has 3 atom stereocenters. The van der Waals surface area contributed by atoms with E-state index in [-0.39, 0.29) is 30.0 Å². The van der Waals surface area contributed by atoms with Crippen molar-refractivity contribution in [2.24, 2.45) is 11.8 Å². The number of imidazole rings is 2. The lowest BCUT2D eigenvalue weighted by Gasteiger charge is -2.27. The van der Waals surface area contributed by atoms with Crippen molar-refractivity contribution < 1.29 is 14.3 Å². The first-order chi connectivity index (χ1) is 22.0. The van der Waals surface area contributed by atoms with Gasteiger partial charge < -0.3 is 19.6 Å². The summed E-state index contributed by atoms with van der Waals surface area (Å²) < 4.78 is 5.62. The van der Waals surface area contributed by atoms with Gasteiger partial charge in [-0.2, -0.15) is 0 Å². The topological polar surface area (TPSA) is 107 Å². The number of aromatic amines is 2. The van der Waals surface area contributed by atoms with Crippen molar-refractivity contribution in [1.29, 1.82) is 0 Å². The molecule has 2 saturated heterocycles. The molecule has 0 radical (unpaired) electrons. The Morgan fingerprint density at radius 1 is 0.891 bits per heavy atom. The molecule has 2 aliphatic rings. The van der Waals surface area contributed by atoms with Crippen LogP contribution in [0.4, 0.5) is 4.79 Å². The van der Waals surface area contributed by atoms with E-state index in [0.29, 0.717) is 12.5 Å². The third kappa shape index (κ3) is 6.67. The van der Waals surface area contributed by atoms with Crippen molar-refractivity contribution in [3.05, 3.63) is 71.4 Å². The number of fused-ring (bicyclic) bond motifs is 1. The fourth-order valence-corrected chi connectivity index (χ4v) is 6.24. The second kappa shape index (κ2) is 12.7. The maximum Gasteiger partial charge on any atom is 0.410 e. The third-order valence-corrected chi connectivity index (χ3v) is 9.07. The molecule has 2 aromatic heterocycles. The van der Waals surface area contributed by atoms with Crippen LogP contribution in [0.5, 0.6) is 0 Å². The van der Waals surface area contributed by atoms with E-state index in [1.807, 2.05) is 81.3 Å². The smallest absolute Gasteiger partial charge is 0.410 e. The van der Waals surface area contributed by atoms with Gasteiger partial charge >= 0.3 is 6.09 Å². The highest BCUT2D eigenvalue weighted by atomic mass is 16.6. The van der Waals surface area contributed by atoms with E-state index in [2.05, 4.69) is 35.7 Å². The summed E-state index contributed by atoms with van der Waals surface area (Å²) in [7, 11) is 0. The lowest BCUT2D eigenvalue weighted by molar-refractivity contribution is -0.137. The Morgan fingerprint density at radius 2 is 1.54 bits per heavy atom. The number of nitrogens with one attached hydrogen (secondary N) is 2. The van der Waals surface area contributed by atoms with Crippen LogP contribution in [0.25, 0.3) is 22.3 Å². The molecule has 0 saturated carbocycles. The highest BCUT2D eigenvalue weighted by molar-refractivity contribution is 5.80. The summed E-state index contributed by atoms with van der Waals surface area (Å²) in [5.41, 5.74) is 4.85. The van der Waals surface area contributed by atoms with Crippen LogP contribution in [0.1, 0.15) is 102 Å². The number of likely N-dealkylation sites (tertiary alicyclic amines) is 2. The quantitative estimate of drug-likeness (QED) is 0.227. The SMILES string of the molecule is CC(C)[C@H](C)C(=O)N1CCC[C@H]1c1nc2cc(C#Cc3ccc(-c4c[nH]c([C@@H]5CCCN5C(=O)OC(C)(C)C)n4)cc3)ccc2[nH]1. The van der Waals surface area contributed by atoms with Gasteiger partial charge in [0, 0.05) is 41.9 Å². The van der Waals surface area contributed by atoms with Crippen LogP contribution in [0.2, 0.25) is 0 Å². The van der Waals surface area contributed by atoms with Crippen molar-refractivity contribution in [3.63, 3.8) is 0 Å². The number of nitrogens with zero attached hydrogens (tertiary/aromatic N) is 4. The Morgan fingerprint density at radius 3 is 2.24 bits per heavy atom. The summed E-state index contributed by atoms with van der Waals surface area (Å²) in [6.07, 6.45) is 5.26. The molecule has 9 nitrogen and oxygen atoms in total. The lowest BCUT2D eigenvalue weighted by Crippen LogP contribution is -2.36. The first kappa shape index (κ1) is 31.4. The molecule has 4 heterocycles. The van der Waals surface area contributed by atoms with E-state index in [0.717, 1.165) is 77.3 Å². The summed E-state index contributed by atoms with van der Waals surface area (Å²) in [6, 6.07) is 13.9. The molecule has 2 aromatic carbocycles. The second-order valence-electron chi connectivity index (χ2n) is 13.9. The van der Waals surface area contributed by atoms with Gasteiger partial charge in [0.25, 0.3) is 0 Å². The maximum atomic E-state index is 13.1. The van der Waals surface area contributed by atoms with Gasteiger partial charge in [-0.25, -0.2) is 14.8 Å². The molecule has 0 spiro atoms. The van der Waals surface area contributed by atoms with E-state index >= 15 is 0 Å². The lowest BCUT2D eigenvalue weighted by atomic mass is 9.96. The fourth-order valence-electron chi connectivity index (χ4n) is 6.24. The minimum atomic E-state index is -0.537. The van der Waals surface area contributed by atoms with Gasteiger partial charge in [0.15, 0.2) is 0 Å². The normalized spacial score (nSPS) is 19.0. The zero-order valence-electron chi connectivity index (χ0n) is 27.7. The van der Waals surface area contributed by atoms with E-state index < -0.39 is 5.60 Å². The summed E-state index contributed by atoms with van der Waals surface area (Å²) in [5.74, 6) is 8.68.